The lowest BCUT2D eigenvalue weighted by atomic mass is 10.1. The van der Waals surface area contributed by atoms with Gasteiger partial charge in [-0.25, -0.2) is 4.98 Å². The number of primary amides is 1. The highest BCUT2D eigenvalue weighted by Gasteiger charge is 2.23. The first-order valence-corrected chi connectivity index (χ1v) is 5.90. The first-order valence-electron chi connectivity index (χ1n) is 4.08. The molecule has 0 saturated heterocycles. The summed E-state index contributed by atoms with van der Waals surface area (Å²) in [4.78, 5) is 14.2. The van der Waals surface area contributed by atoms with E-state index in [9.17, 15) is 17.6 Å². The Morgan fingerprint density at radius 2 is 2.25 bits per heavy atom. The van der Waals surface area contributed by atoms with Crippen molar-refractivity contribution in [1.82, 2.24) is 4.98 Å². The maximum atomic E-state index is 12.8. The standard InChI is InChI=1S/C8H9FN2O4S/c1-16(13,14)15-7(8(10)12)5-2-3-11-6(9)4-5/h2-4,7H,1H3,(H2,10,12). The Kier molecular flexibility index (Phi) is 3.55. The summed E-state index contributed by atoms with van der Waals surface area (Å²) in [5.41, 5.74) is 4.95. The summed E-state index contributed by atoms with van der Waals surface area (Å²) in [7, 11) is -3.87. The largest absolute Gasteiger partial charge is 0.367 e. The zero-order valence-corrected chi connectivity index (χ0v) is 9.07. The van der Waals surface area contributed by atoms with E-state index in [1.165, 1.54) is 6.07 Å². The molecule has 1 amide bonds. The zero-order chi connectivity index (χ0) is 12.3. The molecule has 0 aliphatic carbocycles. The minimum atomic E-state index is -3.87. The number of hydrogen-bond donors (Lipinski definition) is 1. The molecule has 16 heavy (non-hydrogen) atoms. The van der Waals surface area contributed by atoms with E-state index >= 15 is 0 Å². The summed E-state index contributed by atoms with van der Waals surface area (Å²) in [6.45, 7) is 0. The van der Waals surface area contributed by atoms with E-state index in [-0.39, 0.29) is 5.56 Å². The van der Waals surface area contributed by atoms with Gasteiger partial charge in [-0.3, -0.25) is 8.98 Å². The van der Waals surface area contributed by atoms with Gasteiger partial charge < -0.3 is 5.73 Å². The molecule has 0 aromatic carbocycles. The number of carbonyl (C=O) groups is 1. The first kappa shape index (κ1) is 12.5. The van der Waals surface area contributed by atoms with Crippen LogP contribution in [0.5, 0.6) is 0 Å². The molecule has 1 atom stereocenters. The summed E-state index contributed by atoms with van der Waals surface area (Å²) in [6, 6.07) is 2.12. The second-order valence-electron chi connectivity index (χ2n) is 2.99. The molecule has 1 aromatic rings. The van der Waals surface area contributed by atoms with Gasteiger partial charge in [0.1, 0.15) is 0 Å². The lowest BCUT2D eigenvalue weighted by Crippen LogP contribution is -2.26. The number of carbonyl (C=O) groups excluding carboxylic acids is 1. The van der Waals surface area contributed by atoms with Crippen LogP contribution in [0, 0.1) is 5.95 Å². The van der Waals surface area contributed by atoms with Crippen LogP contribution in [0.4, 0.5) is 4.39 Å². The third-order valence-corrected chi connectivity index (χ3v) is 2.12. The molecule has 2 N–H and O–H groups in total. The van der Waals surface area contributed by atoms with Crippen molar-refractivity contribution < 1.29 is 21.8 Å². The molecule has 1 rings (SSSR count). The van der Waals surface area contributed by atoms with Gasteiger partial charge in [0.05, 0.1) is 6.26 Å². The lowest BCUT2D eigenvalue weighted by molar-refractivity contribution is -0.124. The molecule has 1 aromatic heterocycles. The summed E-state index contributed by atoms with van der Waals surface area (Å²) in [6.07, 6.45) is 0.291. The number of nitrogens with zero attached hydrogens (tertiary/aromatic N) is 1. The smallest absolute Gasteiger partial charge is 0.265 e. The number of aromatic nitrogens is 1. The average molecular weight is 248 g/mol. The highest BCUT2D eigenvalue weighted by molar-refractivity contribution is 7.86. The number of amides is 1. The van der Waals surface area contributed by atoms with E-state index < -0.39 is 28.1 Å². The Labute approximate surface area is 91.4 Å². The van der Waals surface area contributed by atoms with Crippen LogP contribution in [0.3, 0.4) is 0 Å². The molecular weight excluding hydrogens is 239 g/mol. The van der Waals surface area contributed by atoms with Crippen LogP contribution in [-0.2, 0) is 19.1 Å². The molecule has 0 aliphatic rings. The minimum absolute atomic E-state index is 0.00887. The van der Waals surface area contributed by atoms with Gasteiger partial charge in [0.2, 0.25) is 5.95 Å². The Hall–Kier alpha value is -1.54. The topological polar surface area (TPSA) is 99.4 Å². The Morgan fingerprint density at radius 1 is 1.62 bits per heavy atom. The Bertz CT molecular complexity index is 503. The highest BCUT2D eigenvalue weighted by Crippen LogP contribution is 2.18. The third kappa shape index (κ3) is 3.55. The number of halogens is 1. The molecular formula is C8H9FN2O4S. The second kappa shape index (κ2) is 4.54. The predicted molar refractivity (Wildman–Crippen MR) is 52.1 cm³/mol. The van der Waals surface area contributed by atoms with E-state index in [2.05, 4.69) is 9.17 Å². The van der Waals surface area contributed by atoms with Crippen molar-refractivity contribution in [3.63, 3.8) is 0 Å². The van der Waals surface area contributed by atoms with E-state index in [4.69, 9.17) is 5.73 Å². The van der Waals surface area contributed by atoms with E-state index in [1.54, 1.807) is 0 Å². The second-order valence-corrected chi connectivity index (χ2v) is 4.60. The van der Waals surface area contributed by atoms with Crippen LogP contribution in [0.2, 0.25) is 0 Å². The SMILES string of the molecule is CS(=O)(=O)OC(C(N)=O)c1ccnc(F)c1. The van der Waals surface area contributed by atoms with E-state index in [1.807, 2.05) is 0 Å². The van der Waals surface area contributed by atoms with Crippen molar-refractivity contribution in [3.8, 4) is 0 Å². The Morgan fingerprint density at radius 3 is 2.69 bits per heavy atom. The highest BCUT2D eigenvalue weighted by atomic mass is 32.2. The van der Waals surface area contributed by atoms with Crippen molar-refractivity contribution in [2.75, 3.05) is 6.26 Å². The van der Waals surface area contributed by atoms with E-state index in [0.29, 0.717) is 0 Å². The minimum Gasteiger partial charge on any atom is -0.367 e. The lowest BCUT2D eigenvalue weighted by Gasteiger charge is -2.12. The molecule has 8 heteroatoms. The molecule has 88 valence electrons. The van der Waals surface area contributed by atoms with Gasteiger partial charge in [-0.05, 0) is 17.7 Å². The quantitative estimate of drug-likeness (QED) is 0.583. The third-order valence-electron chi connectivity index (χ3n) is 1.58. The van der Waals surface area contributed by atoms with Gasteiger partial charge in [-0.15, -0.1) is 0 Å². The van der Waals surface area contributed by atoms with Crippen molar-refractivity contribution in [2.45, 2.75) is 6.10 Å². The summed E-state index contributed by atoms with van der Waals surface area (Å²) >= 11 is 0. The first-order chi connectivity index (χ1) is 7.29. The predicted octanol–water partition coefficient (Wildman–Crippen LogP) is -0.277. The number of nitrogens with two attached hydrogens (primary N) is 1. The van der Waals surface area contributed by atoms with Crippen LogP contribution in [0.25, 0.3) is 0 Å². The molecule has 0 aliphatic heterocycles. The van der Waals surface area contributed by atoms with Crippen molar-refractivity contribution in [3.05, 3.63) is 29.8 Å². The number of rotatable bonds is 4. The molecule has 0 radical (unpaired) electrons. The fraction of sp³-hybridized carbons (Fsp3) is 0.250. The molecule has 0 spiro atoms. The molecule has 6 nitrogen and oxygen atoms in total. The number of pyridine rings is 1. The van der Waals surface area contributed by atoms with Gasteiger partial charge in [-0.2, -0.15) is 12.8 Å². The van der Waals surface area contributed by atoms with Crippen LogP contribution in [0.15, 0.2) is 18.3 Å². The fourth-order valence-corrected chi connectivity index (χ4v) is 1.58. The monoisotopic (exact) mass is 248 g/mol. The van der Waals surface area contributed by atoms with Crippen molar-refractivity contribution >= 4 is 16.0 Å². The normalized spacial score (nSPS) is 13.4. The van der Waals surface area contributed by atoms with Crippen molar-refractivity contribution in [1.29, 1.82) is 0 Å². The average Bonchev–Trinajstić information content (AvgIpc) is 2.12. The van der Waals surface area contributed by atoms with Gasteiger partial charge in [-0.1, -0.05) is 0 Å². The van der Waals surface area contributed by atoms with Gasteiger partial charge >= 0.3 is 0 Å². The summed E-state index contributed by atoms with van der Waals surface area (Å²) < 4.78 is 38.9. The van der Waals surface area contributed by atoms with Crippen LogP contribution in [-0.4, -0.2) is 25.6 Å². The van der Waals surface area contributed by atoms with Gasteiger partial charge in [0.25, 0.3) is 16.0 Å². The Balaban J connectivity index is 3.08. The van der Waals surface area contributed by atoms with Crippen LogP contribution in [0.1, 0.15) is 11.7 Å². The summed E-state index contributed by atoms with van der Waals surface area (Å²) in [5, 5.41) is 0. The summed E-state index contributed by atoms with van der Waals surface area (Å²) in [5.74, 6) is -1.89. The maximum Gasteiger partial charge on any atom is 0.265 e. The van der Waals surface area contributed by atoms with Crippen LogP contribution >= 0.6 is 0 Å². The molecule has 0 saturated carbocycles. The molecule has 1 unspecified atom stereocenters. The molecule has 0 bridgehead atoms. The van der Waals surface area contributed by atoms with Gasteiger partial charge in [0.15, 0.2) is 6.10 Å². The van der Waals surface area contributed by atoms with Gasteiger partial charge in [0, 0.05) is 6.20 Å². The number of hydrogen-bond acceptors (Lipinski definition) is 5. The van der Waals surface area contributed by atoms with Crippen LogP contribution < -0.4 is 5.73 Å². The fourth-order valence-electron chi connectivity index (χ4n) is 1.02. The molecule has 1 heterocycles. The van der Waals surface area contributed by atoms with E-state index in [0.717, 1.165) is 18.5 Å². The maximum absolute atomic E-state index is 12.8. The zero-order valence-electron chi connectivity index (χ0n) is 8.25. The molecule has 0 fully saturated rings. The van der Waals surface area contributed by atoms with Crippen molar-refractivity contribution in [2.24, 2.45) is 5.73 Å².